The predicted octanol–water partition coefficient (Wildman–Crippen LogP) is 9.36. The Kier molecular flexibility index (Phi) is 20.9. The van der Waals surface area contributed by atoms with Gasteiger partial charge in [0.15, 0.2) is 29.1 Å². The van der Waals surface area contributed by atoms with E-state index in [-0.39, 0.29) is 24.9 Å². The Morgan fingerprint density at radius 2 is 1.01 bits per heavy atom. The summed E-state index contributed by atoms with van der Waals surface area (Å²) in [5.74, 6) is 0. The van der Waals surface area contributed by atoms with Gasteiger partial charge >= 0.3 is 25.4 Å². The number of phosphoric ester groups is 1. The molecule has 0 bridgehead atoms. The molecule has 0 saturated carbocycles. The quantitative estimate of drug-likeness (QED) is 0.0394. The van der Waals surface area contributed by atoms with Gasteiger partial charge in [-0.25, -0.2) is 23.3 Å². The highest BCUT2D eigenvalue weighted by atomic mass is 31.2. The Bertz CT molecular complexity index is 3220. The molecule has 2 saturated heterocycles. The van der Waals surface area contributed by atoms with E-state index in [1.54, 1.807) is 0 Å². The van der Waals surface area contributed by atoms with Crippen LogP contribution in [0.1, 0.15) is 76.3 Å². The first kappa shape index (κ1) is 64.6. The number of methoxy groups -OCH3 is 2. The monoisotopic (exact) mass is 1200 g/mol. The predicted molar refractivity (Wildman–Crippen MR) is 302 cm³/mol. The third-order valence-electron chi connectivity index (χ3n) is 15.5. The van der Waals surface area contributed by atoms with Gasteiger partial charge in [0.2, 0.25) is 0 Å². The Morgan fingerprint density at radius 3 is 1.48 bits per heavy atom. The van der Waals surface area contributed by atoms with Crippen molar-refractivity contribution in [2.75, 3.05) is 27.4 Å². The summed E-state index contributed by atoms with van der Waals surface area (Å²) < 4.78 is 133. The van der Waals surface area contributed by atoms with Crippen LogP contribution in [0.15, 0.2) is 129 Å². The van der Waals surface area contributed by atoms with Crippen LogP contribution in [0.4, 0.5) is 13.2 Å². The van der Waals surface area contributed by atoms with Gasteiger partial charge in [-0.15, -0.1) is 0 Å². The molecule has 2 aliphatic heterocycles. The van der Waals surface area contributed by atoms with Crippen molar-refractivity contribution in [3.63, 3.8) is 0 Å². The lowest BCUT2D eigenvalue weighted by Crippen LogP contribution is -2.50. The summed E-state index contributed by atoms with van der Waals surface area (Å²) in [5, 5.41) is -0.745. The second-order valence-corrected chi connectivity index (χ2v) is 34.3. The molecule has 0 amide bonds. The van der Waals surface area contributed by atoms with Crippen LogP contribution in [0.5, 0.6) is 0 Å². The number of hydrogen-bond donors (Lipinski definition) is 0. The average molecular weight is 1210 g/mol. The van der Waals surface area contributed by atoms with Gasteiger partial charge in [0, 0.05) is 38.7 Å². The molecule has 450 valence electrons. The van der Waals surface area contributed by atoms with E-state index in [9.17, 15) is 32.3 Å². The number of hydrogen-bond acceptors (Lipinski definition) is 16. The highest BCUT2D eigenvalue weighted by Gasteiger charge is 2.55. The van der Waals surface area contributed by atoms with Crippen molar-refractivity contribution in [3.8, 4) is 0 Å². The fourth-order valence-corrected chi connectivity index (χ4v) is 12.5. The maximum absolute atomic E-state index is 15.8. The maximum Gasteiger partial charge on any atom is 0.475 e. The van der Waals surface area contributed by atoms with Crippen molar-refractivity contribution in [1.82, 2.24) is 18.3 Å². The third kappa shape index (κ3) is 15.3. The summed E-state index contributed by atoms with van der Waals surface area (Å²) in [6.45, 7) is 17.4. The summed E-state index contributed by atoms with van der Waals surface area (Å²) in [6.07, 6.45) is -12.7. The van der Waals surface area contributed by atoms with Crippen LogP contribution in [-0.2, 0) is 94.9 Å². The van der Waals surface area contributed by atoms with Crippen molar-refractivity contribution in [2.45, 2.75) is 166 Å². The smallest absolute Gasteiger partial charge is 0.414 e. The zero-order valence-corrected chi connectivity index (χ0v) is 51.3. The van der Waals surface area contributed by atoms with E-state index in [1.165, 1.54) is 44.8 Å². The summed E-state index contributed by atoms with van der Waals surface area (Å²) in [6, 6.07) is 25.1. The molecular weight excluding hydrogens is 1130 g/mol. The van der Waals surface area contributed by atoms with Gasteiger partial charge in [-0.05, 0) is 59.0 Å². The largest absolute Gasteiger partial charge is 0.475 e. The Hall–Kier alpha value is -4.97. The molecule has 3 aromatic carbocycles. The fraction of sp³-hybridized carbons (Fsp3) is 0.536. The highest BCUT2D eigenvalue weighted by molar-refractivity contribution is 7.48. The van der Waals surface area contributed by atoms with Crippen molar-refractivity contribution < 1.29 is 68.6 Å². The van der Waals surface area contributed by atoms with Crippen molar-refractivity contribution in [2.24, 2.45) is 0 Å². The first-order valence-electron chi connectivity index (χ1n) is 26.8. The summed E-state index contributed by atoms with van der Waals surface area (Å²) in [5.41, 5.74) is -2.90. The van der Waals surface area contributed by atoms with Crippen LogP contribution in [0.2, 0.25) is 36.3 Å². The second kappa shape index (κ2) is 26.5. The lowest BCUT2D eigenvalue weighted by molar-refractivity contribution is -0.138. The zero-order chi connectivity index (χ0) is 60.0. The number of aromatic nitrogens is 4. The number of ether oxygens (including phenoxy) is 6. The van der Waals surface area contributed by atoms with Gasteiger partial charge in [-0.2, -0.15) is 13.2 Å². The lowest BCUT2D eigenvalue weighted by Gasteiger charge is -2.40. The number of phosphoric acid groups is 1. The van der Waals surface area contributed by atoms with Gasteiger partial charge in [0.1, 0.15) is 50.1 Å². The summed E-state index contributed by atoms with van der Waals surface area (Å²) in [7, 11) is -8.05. The van der Waals surface area contributed by atoms with Crippen LogP contribution < -0.4 is 22.5 Å². The molecule has 2 fully saturated rings. The molecule has 7 rings (SSSR count). The molecule has 4 heterocycles. The zero-order valence-electron chi connectivity index (χ0n) is 48.4. The molecule has 5 aromatic rings. The topological polar surface area (TPSA) is 207 Å². The Morgan fingerprint density at radius 1 is 0.561 bits per heavy atom. The van der Waals surface area contributed by atoms with Gasteiger partial charge in [-0.1, -0.05) is 120 Å². The molecule has 82 heavy (non-hydrogen) atoms. The molecule has 1 unspecified atom stereocenters. The number of alkyl halides is 3. The average Bonchev–Trinajstić information content (AvgIpc) is 3.63. The summed E-state index contributed by atoms with van der Waals surface area (Å²) >= 11 is 0. The molecule has 26 heteroatoms. The van der Waals surface area contributed by atoms with Gasteiger partial charge in [0.05, 0.1) is 38.6 Å². The molecule has 0 N–H and O–H groups in total. The van der Waals surface area contributed by atoms with E-state index in [2.05, 4.69) is 0 Å². The minimum Gasteiger partial charge on any atom is -0.414 e. The third-order valence-corrected chi connectivity index (χ3v) is 25.9. The Labute approximate surface area is 476 Å². The summed E-state index contributed by atoms with van der Waals surface area (Å²) in [4.78, 5) is 55.2. The van der Waals surface area contributed by atoms with Crippen LogP contribution in [0, 0.1) is 0 Å². The number of benzene rings is 3. The molecule has 0 spiro atoms. The second-order valence-electron chi connectivity index (χ2n) is 23.2. The highest BCUT2D eigenvalue weighted by Crippen LogP contribution is 2.56. The van der Waals surface area contributed by atoms with Crippen LogP contribution in [-0.4, -0.2) is 99.0 Å². The van der Waals surface area contributed by atoms with Crippen LogP contribution in [0.25, 0.3) is 0 Å². The van der Waals surface area contributed by atoms with Gasteiger partial charge < -0.3 is 37.3 Å². The lowest BCUT2D eigenvalue weighted by atomic mass is 10.1. The van der Waals surface area contributed by atoms with Crippen LogP contribution >= 0.6 is 7.82 Å². The minimum atomic E-state index is -5.26. The maximum atomic E-state index is 15.8. The van der Waals surface area contributed by atoms with E-state index in [0.717, 1.165) is 47.6 Å². The molecule has 20 nitrogen and oxygen atoms in total. The van der Waals surface area contributed by atoms with Crippen LogP contribution in [0.3, 0.4) is 0 Å². The number of nitrogens with zero attached hydrogens (tertiary/aromatic N) is 4. The molecule has 0 radical (unpaired) electrons. The molecule has 2 aliphatic rings. The molecule has 0 aliphatic carbocycles. The minimum absolute atomic E-state index is 0.0770. The van der Waals surface area contributed by atoms with E-state index in [4.69, 9.17) is 50.8 Å². The fourth-order valence-electron chi connectivity index (χ4n) is 8.76. The molecule has 2 aromatic heterocycles. The van der Waals surface area contributed by atoms with E-state index >= 15 is 4.57 Å². The number of halogens is 3. The van der Waals surface area contributed by atoms with Crippen molar-refractivity contribution >= 4 is 24.5 Å². The van der Waals surface area contributed by atoms with E-state index in [0.29, 0.717) is 0 Å². The van der Waals surface area contributed by atoms with Gasteiger partial charge in [0.25, 0.3) is 11.1 Å². The van der Waals surface area contributed by atoms with Crippen molar-refractivity contribution in [3.05, 3.63) is 173 Å². The van der Waals surface area contributed by atoms with Gasteiger partial charge in [-0.3, -0.25) is 32.3 Å². The molecular formula is C56H76F3N4O16PSi2. The first-order valence-corrected chi connectivity index (χ1v) is 34.0. The standard InChI is InChI=1S/C56H76F3N4O16PSi2/c1-54(2,3)81(9,10)75-35-43-46(48(69-7)50(77-43)60-29-27-44(64)62(52(60)66)36-71-31-38-21-15-13-16-22-38)78-80(68,73-33-40-25-19-20-26-41(40)56(57,58)59)74-34-42-47(79-82(11,12)55(4,5)6)49(70-8)51(76-42)61-30-28-45(65)63(53(61)67)37-72-32-39-23-17-14-18-24-39/h13-30,42-43,46-51H,31-37H2,1-12H3/t42-,43-,46-,47-,48-,49-,50-,51-,80?/m1/s1. The van der Waals surface area contributed by atoms with E-state index in [1.807, 2.05) is 128 Å². The Balaban J connectivity index is 1.27. The van der Waals surface area contributed by atoms with E-state index < -0.39 is 145 Å². The first-order chi connectivity index (χ1) is 38.5. The molecule has 9 atom stereocenters. The van der Waals surface area contributed by atoms with Crippen molar-refractivity contribution in [1.29, 1.82) is 0 Å². The SMILES string of the molecule is CO[C@@H]1[C@H](O[Si](C)(C)C(C)(C)C)[C@@H](COP(=O)(OCc2ccccc2C(F)(F)F)O[C@H]2[C@@H](OC)[C@H](n3ccc(=O)n(COCc4ccccc4)c3=O)O[C@@H]2CO[Si](C)(C)C(C)(C)C)O[C@H]1n1ccc(=O)n(COCc2ccccc2)c1=O. The number of rotatable bonds is 25. The normalized spacial score (nSPS) is 22.6.